The first-order valence-corrected chi connectivity index (χ1v) is 12.1. The number of nitrogens with zero attached hydrogens (tertiary/aromatic N) is 1. The predicted molar refractivity (Wildman–Crippen MR) is 125 cm³/mol. The average Bonchev–Trinajstić information content (AvgIpc) is 3.08. The van der Waals surface area contributed by atoms with Gasteiger partial charge in [0.1, 0.15) is 0 Å². The Morgan fingerprint density at radius 3 is 2.47 bits per heavy atom. The Morgan fingerprint density at radius 1 is 1.09 bits per heavy atom. The summed E-state index contributed by atoms with van der Waals surface area (Å²) < 4.78 is 27.9. The van der Waals surface area contributed by atoms with E-state index in [1.165, 1.54) is 40.6 Å². The number of sulfonamides is 1. The van der Waals surface area contributed by atoms with Gasteiger partial charge in [-0.1, -0.05) is 42.0 Å². The summed E-state index contributed by atoms with van der Waals surface area (Å²) in [6.45, 7) is 6.24. The van der Waals surface area contributed by atoms with Crippen molar-refractivity contribution >= 4 is 21.6 Å². The first-order valence-electron chi connectivity index (χ1n) is 10.6. The molecule has 32 heavy (non-hydrogen) atoms. The highest BCUT2D eigenvalue weighted by molar-refractivity contribution is 7.90. The molecular weight excluding hydrogens is 422 g/mol. The number of rotatable bonds is 5. The number of nitrogen functional groups attached to an aromatic ring is 1. The fourth-order valence-corrected chi connectivity index (χ4v) is 5.82. The first-order chi connectivity index (χ1) is 15.2. The summed E-state index contributed by atoms with van der Waals surface area (Å²) >= 11 is 0. The lowest BCUT2D eigenvalue weighted by molar-refractivity contribution is -0.121. The minimum absolute atomic E-state index is 0.0449. The van der Waals surface area contributed by atoms with Crippen LogP contribution in [0.25, 0.3) is 0 Å². The quantitative estimate of drug-likeness (QED) is 0.620. The van der Waals surface area contributed by atoms with Gasteiger partial charge in [0, 0.05) is 18.0 Å². The monoisotopic (exact) mass is 449 g/mol. The zero-order valence-electron chi connectivity index (χ0n) is 18.4. The van der Waals surface area contributed by atoms with E-state index < -0.39 is 21.8 Å². The number of hydrogen-bond donors (Lipinski definition) is 2. The molecule has 2 atom stereocenters. The lowest BCUT2D eigenvalue weighted by Gasteiger charge is -2.22. The van der Waals surface area contributed by atoms with E-state index >= 15 is 0 Å². The van der Waals surface area contributed by atoms with Crippen LogP contribution in [0.1, 0.15) is 39.3 Å². The number of pyridine rings is 1. The smallest absolute Gasteiger partial charge is 0.281 e. The summed E-state index contributed by atoms with van der Waals surface area (Å²) in [5.41, 5.74) is 12.7. The highest BCUT2D eigenvalue weighted by Crippen LogP contribution is 2.41. The van der Waals surface area contributed by atoms with E-state index in [0.717, 1.165) is 17.5 Å². The number of amides is 1. The van der Waals surface area contributed by atoms with Crippen molar-refractivity contribution in [3.63, 3.8) is 0 Å². The number of aryl methyl sites for hydroxylation is 3. The molecule has 1 aliphatic rings. The summed E-state index contributed by atoms with van der Waals surface area (Å²) in [5, 5.41) is -0.265. The van der Waals surface area contributed by atoms with Gasteiger partial charge in [0.15, 0.2) is 5.03 Å². The van der Waals surface area contributed by atoms with Gasteiger partial charge < -0.3 is 5.73 Å². The Hall–Kier alpha value is -3.19. The number of nitrogens with two attached hydrogens (primary N) is 1. The van der Waals surface area contributed by atoms with E-state index in [0.29, 0.717) is 6.42 Å². The van der Waals surface area contributed by atoms with Crippen molar-refractivity contribution in [2.24, 2.45) is 5.92 Å². The van der Waals surface area contributed by atoms with Crippen molar-refractivity contribution in [3.05, 3.63) is 88.1 Å². The molecule has 1 heterocycles. The second kappa shape index (κ2) is 8.39. The van der Waals surface area contributed by atoms with Gasteiger partial charge in [-0.25, -0.2) is 9.71 Å². The molecule has 0 radical (unpaired) electrons. The van der Waals surface area contributed by atoms with Gasteiger partial charge >= 0.3 is 0 Å². The molecule has 7 heteroatoms. The molecule has 0 saturated heterocycles. The number of carbonyl (C=O) groups excluding carboxylic acids is 1. The van der Waals surface area contributed by atoms with Crippen LogP contribution in [0.2, 0.25) is 0 Å². The molecule has 0 saturated carbocycles. The predicted octanol–water partition coefficient (Wildman–Crippen LogP) is 3.59. The van der Waals surface area contributed by atoms with Gasteiger partial charge in [-0.05, 0) is 73.4 Å². The molecule has 1 aliphatic carbocycles. The highest BCUT2D eigenvalue weighted by atomic mass is 32.2. The van der Waals surface area contributed by atoms with Crippen molar-refractivity contribution in [3.8, 4) is 0 Å². The average molecular weight is 450 g/mol. The number of nitrogens with one attached hydrogen (secondary N) is 1. The molecule has 0 fully saturated rings. The fraction of sp³-hybridized carbons (Fsp3) is 0.280. The molecule has 1 amide bonds. The van der Waals surface area contributed by atoms with Crippen LogP contribution in [0.5, 0.6) is 0 Å². The van der Waals surface area contributed by atoms with Crippen LogP contribution in [-0.2, 0) is 27.7 Å². The Kier molecular flexibility index (Phi) is 5.77. The minimum Gasteiger partial charge on any atom is -0.399 e. The number of anilines is 1. The molecule has 1 aromatic heterocycles. The van der Waals surface area contributed by atoms with Gasteiger partial charge in [-0.3, -0.25) is 4.79 Å². The molecule has 0 aliphatic heterocycles. The second-order valence-electron chi connectivity index (χ2n) is 8.62. The van der Waals surface area contributed by atoms with Crippen molar-refractivity contribution < 1.29 is 13.2 Å². The van der Waals surface area contributed by atoms with Gasteiger partial charge in [-0.2, -0.15) is 8.42 Å². The van der Waals surface area contributed by atoms with Crippen molar-refractivity contribution in [1.82, 2.24) is 9.71 Å². The van der Waals surface area contributed by atoms with Crippen LogP contribution in [-0.4, -0.2) is 19.3 Å². The van der Waals surface area contributed by atoms with Crippen LogP contribution < -0.4 is 10.5 Å². The fourth-order valence-electron chi connectivity index (χ4n) is 4.84. The molecular formula is C25H27N3O3S. The second-order valence-corrected chi connectivity index (χ2v) is 10.2. The van der Waals surface area contributed by atoms with Crippen molar-refractivity contribution in [1.29, 1.82) is 0 Å². The van der Waals surface area contributed by atoms with E-state index in [2.05, 4.69) is 42.6 Å². The Bertz CT molecular complexity index is 1280. The van der Waals surface area contributed by atoms with Gasteiger partial charge in [0.05, 0.1) is 5.92 Å². The summed E-state index contributed by atoms with van der Waals surface area (Å²) in [4.78, 5) is 17.2. The van der Waals surface area contributed by atoms with Crippen molar-refractivity contribution in [2.75, 3.05) is 5.73 Å². The maximum Gasteiger partial charge on any atom is 0.281 e. The van der Waals surface area contributed by atoms with E-state index in [1.54, 1.807) is 0 Å². The SMILES string of the molecule is Cc1cc(C)c(CC2Cc3ccccc3C2C(=O)NS(=O)(=O)c2cc(N)ccn2)c(C)c1. The van der Waals surface area contributed by atoms with E-state index in [9.17, 15) is 13.2 Å². The van der Waals surface area contributed by atoms with Gasteiger partial charge in [-0.15, -0.1) is 0 Å². The number of fused-ring (bicyclic) bond motifs is 1. The third kappa shape index (κ3) is 4.25. The molecule has 2 aromatic carbocycles. The van der Waals surface area contributed by atoms with Crippen molar-refractivity contribution in [2.45, 2.75) is 44.6 Å². The third-order valence-corrected chi connectivity index (χ3v) is 7.45. The van der Waals surface area contributed by atoms with Crippen LogP contribution in [0.15, 0.2) is 59.8 Å². The first kappa shape index (κ1) is 22.0. The maximum absolute atomic E-state index is 13.4. The zero-order valence-corrected chi connectivity index (χ0v) is 19.2. The van der Waals surface area contributed by atoms with Crippen LogP contribution in [0.3, 0.4) is 0 Å². The number of carbonyl (C=O) groups is 1. The standard InChI is InChI=1S/C25H27N3O3S/c1-15-10-16(2)22(17(3)11-15)13-19-12-18-6-4-5-7-21(18)24(19)25(29)28-32(30,31)23-14-20(26)8-9-27-23/h4-11,14,19,24H,12-13H2,1-3H3,(H2,26,27)(H,28,29). The topological polar surface area (TPSA) is 102 Å². The normalized spacial score (nSPS) is 17.7. The summed E-state index contributed by atoms with van der Waals surface area (Å²) in [6.07, 6.45) is 2.73. The lowest BCUT2D eigenvalue weighted by atomic mass is 9.84. The number of hydrogen-bond acceptors (Lipinski definition) is 5. The van der Waals surface area contributed by atoms with Gasteiger partial charge in [0.25, 0.3) is 10.0 Å². The van der Waals surface area contributed by atoms with E-state index in [4.69, 9.17) is 5.73 Å². The van der Waals surface area contributed by atoms with Crippen LogP contribution in [0.4, 0.5) is 5.69 Å². The molecule has 2 unspecified atom stereocenters. The van der Waals surface area contributed by atoms with E-state index in [1.807, 2.05) is 24.3 Å². The Labute approximate surface area is 188 Å². The van der Waals surface area contributed by atoms with Crippen LogP contribution >= 0.6 is 0 Å². The summed E-state index contributed by atoms with van der Waals surface area (Å²) in [5.74, 6) is -1.15. The lowest BCUT2D eigenvalue weighted by Crippen LogP contribution is -2.37. The molecule has 4 rings (SSSR count). The number of aromatic nitrogens is 1. The Morgan fingerprint density at radius 2 is 1.78 bits per heavy atom. The van der Waals surface area contributed by atoms with Gasteiger partial charge in [0.2, 0.25) is 5.91 Å². The minimum atomic E-state index is -4.13. The highest BCUT2D eigenvalue weighted by Gasteiger charge is 2.39. The molecule has 0 spiro atoms. The summed E-state index contributed by atoms with van der Waals surface area (Å²) in [6, 6.07) is 14.8. The van der Waals surface area contributed by atoms with E-state index in [-0.39, 0.29) is 16.6 Å². The molecule has 166 valence electrons. The molecule has 0 bridgehead atoms. The third-order valence-electron chi connectivity index (χ3n) is 6.20. The molecule has 3 N–H and O–H groups in total. The number of benzene rings is 2. The maximum atomic E-state index is 13.4. The Balaban J connectivity index is 1.67. The molecule has 3 aromatic rings. The molecule has 6 nitrogen and oxygen atoms in total. The largest absolute Gasteiger partial charge is 0.399 e. The zero-order chi connectivity index (χ0) is 23.0. The summed E-state index contributed by atoms with van der Waals surface area (Å²) in [7, 11) is -4.13. The van der Waals surface area contributed by atoms with Crippen LogP contribution in [0, 0.1) is 26.7 Å².